The van der Waals surface area contributed by atoms with Gasteiger partial charge in [-0.3, -0.25) is 4.79 Å². The van der Waals surface area contributed by atoms with Crippen molar-refractivity contribution in [1.82, 2.24) is 9.27 Å². The minimum absolute atomic E-state index is 0.308. The molecule has 1 aromatic rings. The average molecular weight is 251 g/mol. The van der Waals surface area contributed by atoms with Crippen molar-refractivity contribution in [2.45, 2.75) is 6.92 Å². The van der Waals surface area contributed by atoms with Gasteiger partial charge in [-0.25, -0.2) is 4.79 Å². The van der Waals surface area contributed by atoms with E-state index in [2.05, 4.69) is 21.2 Å². The number of carbonyl (C=O) groups is 1. The van der Waals surface area contributed by atoms with Crippen molar-refractivity contribution < 1.29 is 4.79 Å². The van der Waals surface area contributed by atoms with Gasteiger partial charge in [0.05, 0.1) is 4.47 Å². The van der Waals surface area contributed by atoms with Gasteiger partial charge in [-0.2, -0.15) is 3.96 Å². The van der Waals surface area contributed by atoms with E-state index in [0.29, 0.717) is 4.47 Å². The van der Waals surface area contributed by atoms with E-state index in [1.807, 2.05) is 0 Å². The highest BCUT2D eigenvalue weighted by Gasteiger charge is 2.12. The lowest BCUT2D eigenvalue weighted by molar-refractivity contribution is 0.246. The molecule has 0 saturated carbocycles. The molecule has 0 aromatic carbocycles. The first kappa shape index (κ1) is 9.47. The number of halogens is 1. The van der Waals surface area contributed by atoms with Gasteiger partial charge in [-0.15, -0.1) is 0 Å². The Hall–Kier alpha value is -0.620. The molecule has 4 nitrogen and oxygen atoms in total. The van der Waals surface area contributed by atoms with Crippen molar-refractivity contribution >= 4 is 33.5 Å². The predicted molar refractivity (Wildman–Crippen MR) is 50.9 cm³/mol. The molecule has 1 aromatic heterocycles. The second kappa shape index (κ2) is 3.40. The summed E-state index contributed by atoms with van der Waals surface area (Å²) < 4.78 is 1.52. The molecule has 0 radical (unpaired) electrons. The van der Waals surface area contributed by atoms with E-state index in [9.17, 15) is 9.59 Å². The fourth-order valence-electron chi connectivity index (χ4n) is 0.693. The Morgan fingerprint density at radius 2 is 2.25 bits per heavy atom. The third-order valence-electron chi connectivity index (χ3n) is 1.31. The first-order chi connectivity index (χ1) is 5.57. The molecule has 0 spiro atoms. The first-order valence-electron chi connectivity index (χ1n) is 3.18. The second-order valence-electron chi connectivity index (χ2n) is 2.12. The predicted octanol–water partition coefficient (Wildman–Crippen LogP) is 1.17. The van der Waals surface area contributed by atoms with E-state index in [-0.39, 0.29) is 5.56 Å². The van der Waals surface area contributed by atoms with Crippen LogP contribution in [0.5, 0.6) is 0 Å². The first-order valence-corrected chi connectivity index (χ1v) is 4.75. The largest absolute Gasteiger partial charge is 0.340 e. The SMILES string of the molecule is CNC(=O)n1sc(C)c(Br)c1=O. The molecule has 0 fully saturated rings. The van der Waals surface area contributed by atoms with Crippen molar-refractivity contribution in [1.29, 1.82) is 0 Å². The quantitative estimate of drug-likeness (QED) is 0.752. The number of nitrogens with one attached hydrogen (secondary N) is 1. The van der Waals surface area contributed by atoms with Crippen molar-refractivity contribution in [2.24, 2.45) is 0 Å². The molecular formula is C6H7BrN2O2S. The lowest BCUT2D eigenvalue weighted by Gasteiger charge is -1.94. The van der Waals surface area contributed by atoms with Crippen LogP contribution in [0.25, 0.3) is 0 Å². The summed E-state index contributed by atoms with van der Waals surface area (Å²) >= 11 is 4.21. The zero-order valence-electron chi connectivity index (χ0n) is 6.55. The Morgan fingerprint density at radius 3 is 2.58 bits per heavy atom. The molecule has 66 valence electrons. The summed E-state index contributed by atoms with van der Waals surface area (Å²) in [5.74, 6) is 0. The molecule has 0 bridgehead atoms. The highest BCUT2D eigenvalue weighted by Crippen LogP contribution is 2.15. The monoisotopic (exact) mass is 250 g/mol. The summed E-state index contributed by atoms with van der Waals surface area (Å²) in [6.45, 7) is 1.77. The highest BCUT2D eigenvalue weighted by molar-refractivity contribution is 9.10. The third-order valence-corrected chi connectivity index (χ3v) is 3.50. The maximum atomic E-state index is 11.3. The van der Waals surface area contributed by atoms with E-state index in [4.69, 9.17) is 0 Å². The summed E-state index contributed by atoms with van der Waals surface area (Å²) in [6.07, 6.45) is 0. The molecule has 0 unspecified atom stereocenters. The number of aryl methyl sites for hydroxylation is 1. The van der Waals surface area contributed by atoms with Crippen LogP contribution in [0.3, 0.4) is 0 Å². The van der Waals surface area contributed by atoms with Gasteiger partial charge in [0.1, 0.15) is 0 Å². The van der Waals surface area contributed by atoms with Crippen LogP contribution in [-0.2, 0) is 0 Å². The van der Waals surface area contributed by atoms with E-state index in [1.54, 1.807) is 6.92 Å². The average Bonchev–Trinajstić information content (AvgIpc) is 2.32. The summed E-state index contributed by atoms with van der Waals surface area (Å²) in [7, 11) is 1.48. The summed E-state index contributed by atoms with van der Waals surface area (Å²) in [4.78, 5) is 23.1. The molecule has 0 aliphatic carbocycles. The van der Waals surface area contributed by atoms with Gasteiger partial charge in [0.25, 0.3) is 5.56 Å². The third kappa shape index (κ3) is 1.44. The summed E-state index contributed by atoms with van der Waals surface area (Å²) in [6, 6.07) is -0.404. The van der Waals surface area contributed by atoms with Gasteiger partial charge in [0.15, 0.2) is 0 Å². The zero-order valence-corrected chi connectivity index (χ0v) is 8.95. The van der Waals surface area contributed by atoms with Crippen LogP contribution in [0.15, 0.2) is 9.27 Å². The van der Waals surface area contributed by atoms with Gasteiger partial charge >= 0.3 is 6.03 Å². The van der Waals surface area contributed by atoms with Crippen molar-refractivity contribution in [3.63, 3.8) is 0 Å². The Morgan fingerprint density at radius 1 is 1.67 bits per heavy atom. The number of hydrogen-bond donors (Lipinski definition) is 1. The highest BCUT2D eigenvalue weighted by atomic mass is 79.9. The van der Waals surface area contributed by atoms with E-state index in [0.717, 1.165) is 20.4 Å². The molecule has 0 saturated heterocycles. The second-order valence-corrected chi connectivity index (χ2v) is 4.07. The molecule has 1 N–H and O–H groups in total. The van der Waals surface area contributed by atoms with Crippen LogP contribution in [0.1, 0.15) is 4.88 Å². The lowest BCUT2D eigenvalue weighted by Crippen LogP contribution is -2.30. The zero-order chi connectivity index (χ0) is 9.30. The van der Waals surface area contributed by atoms with Crippen LogP contribution in [0, 0.1) is 6.92 Å². The molecular weight excluding hydrogens is 244 g/mol. The number of rotatable bonds is 0. The molecule has 0 aliphatic rings. The van der Waals surface area contributed by atoms with E-state index < -0.39 is 6.03 Å². The number of amides is 1. The summed E-state index contributed by atoms with van der Waals surface area (Å²) in [5.41, 5.74) is -0.308. The van der Waals surface area contributed by atoms with Crippen LogP contribution < -0.4 is 10.9 Å². The Bertz CT molecular complexity index is 368. The Balaban J connectivity index is 3.28. The topological polar surface area (TPSA) is 51.1 Å². The molecule has 0 atom stereocenters. The summed E-state index contributed by atoms with van der Waals surface area (Å²) in [5, 5.41) is 2.38. The van der Waals surface area contributed by atoms with Crippen molar-refractivity contribution in [3.05, 3.63) is 19.7 Å². The fraction of sp³-hybridized carbons (Fsp3) is 0.333. The van der Waals surface area contributed by atoms with Gasteiger partial charge < -0.3 is 5.32 Å². The molecule has 1 amide bonds. The maximum Gasteiger partial charge on any atom is 0.337 e. The molecule has 1 rings (SSSR count). The van der Waals surface area contributed by atoms with Crippen LogP contribution in [0.4, 0.5) is 4.79 Å². The Labute approximate surface area is 81.5 Å². The van der Waals surface area contributed by atoms with E-state index >= 15 is 0 Å². The van der Waals surface area contributed by atoms with Crippen molar-refractivity contribution in [3.8, 4) is 0 Å². The minimum Gasteiger partial charge on any atom is -0.340 e. The number of nitrogens with zero attached hydrogens (tertiary/aromatic N) is 1. The van der Waals surface area contributed by atoms with Gasteiger partial charge in [0, 0.05) is 11.9 Å². The van der Waals surface area contributed by atoms with Crippen LogP contribution >= 0.6 is 27.5 Å². The normalized spacial score (nSPS) is 9.92. The van der Waals surface area contributed by atoms with Crippen LogP contribution in [-0.4, -0.2) is 17.0 Å². The smallest absolute Gasteiger partial charge is 0.337 e. The molecule has 12 heavy (non-hydrogen) atoms. The van der Waals surface area contributed by atoms with Crippen molar-refractivity contribution in [2.75, 3.05) is 7.05 Å². The van der Waals surface area contributed by atoms with Gasteiger partial charge in [0.2, 0.25) is 0 Å². The molecule has 1 heterocycles. The Kier molecular flexibility index (Phi) is 2.69. The minimum atomic E-state index is -0.404. The molecule has 6 heteroatoms. The number of aromatic nitrogens is 1. The number of hydrogen-bond acceptors (Lipinski definition) is 3. The number of carbonyl (C=O) groups excluding carboxylic acids is 1. The standard InChI is InChI=1S/C6H7BrN2O2S/c1-3-4(7)5(10)9(12-3)6(11)8-2/h1-2H3,(H,8,11). The van der Waals surface area contributed by atoms with Crippen LogP contribution in [0.2, 0.25) is 0 Å². The fourth-order valence-corrected chi connectivity index (χ4v) is 2.00. The van der Waals surface area contributed by atoms with Gasteiger partial charge in [-0.05, 0) is 22.9 Å². The maximum absolute atomic E-state index is 11.3. The molecule has 0 aliphatic heterocycles. The van der Waals surface area contributed by atoms with E-state index in [1.165, 1.54) is 7.05 Å². The van der Waals surface area contributed by atoms with Gasteiger partial charge in [-0.1, -0.05) is 11.5 Å². The lowest BCUT2D eigenvalue weighted by atomic mass is 10.5.